The molecule has 0 amide bonds. The van der Waals surface area contributed by atoms with Gasteiger partial charge in [-0.2, -0.15) is 10.3 Å². The topological polar surface area (TPSA) is 94.0 Å². The van der Waals surface area contributed by atoms with Gasteiger partial charge in [-0.05, 0) is 42.3 Å². The van der Waals surface area contributed by atoms with Crippen LogP contribution in [0, 0.1) is 13.8 Å². The monoisotopic (exact) mass is 369 g/mol. The molecule has 1 aromatic carbocycles. The highest BCUT2D eigenvalue weighted by Gasteiger charge is 2.20. The predicted molar refractivity (Wildman–Crippen MR) is 99.0 cm³/mol. The molecule has 2 aromatic heterocycles. The number of morpholine rings is 1. The van der Waals surface area contributed by atoms with Gasteiger partial charge in [0.1, 0.15) is 12.2 Å². The van der Waals surface area contributed by atoms with E-state index in [1.54, 1.807) is 10.9 Å². The zero-order chi connectivity index (χ0) is 18.6. The van der Waals surface area contributed by atoms with Crippen molar-refractivity contribution in [2.75, 3.05) is 39.5 Å². The Morgan fingerprint density at radius 1 is 1.19 bits per heavy atom. The molecule has 0 unspecified atom stereocenters. The number of aromatic nitrogens is 6. The first kappa shape index (κ1) is 17.6. The molecule has 142 valence electrons. The molecule has 0 saturated carbocycles. The third-order valence-corrected chi connectivity index (χ3v) is 4.80. The fourth-order valence-corrected chi connectivity index (χ4v) is 3.04. The number of ether oxygens (including phenoxy) is 2. The minimum absolute atomic E-state index is 0.464. The molecule has 1 fully saturated rings. The molecule has 0 bridgehead atoms. The van der Waals surface area contributed by atoms with E-state index < -0.39 is 0 Å². The Labute approximate surface area is 157 Å². The maximum Gasteiger partial charge on any atom is 0.228 e. The van der Waals surface area contributed by atoms with Gasteiger partial charge in [0.05, 0.1) is 25.1 Å². The van der Waals surface area contributed by atoms with E-state index in [9.17, 15) is 0 Å². The molecule has 1 saturated heterocycles. The fraction of sp³-hybridized carbons (Fsp3) is 0.444. The molecule has 3 heterocycles. The highest BCUT2D eigenvalue weighted by Crippen LogP contribution is 2.30. The normalized spacial score (nSPS) is 15.2. The summed E-state index contributed by atoms with van der Waals surface area (Å²) < 4.78 is 13.3. The lowest BCUT2D eigenvalue weighted by Crippen LogP contribution is -2.38. The summed E-state index contributed by atoms with van der Waals surface area (Å²) in [6.45, 7) is 8.95. The summed E-state index contributed by atoms with van der Waals surface area (Å²) in [5.41, 5.74) is 4.08. The van der Waals surface area contributed by atoms with Crippen molar-refractivity contribution in [1.29, 1.82) is 0 Å². The Morgan fingerprint density at radius 3 is 2.78 bits per heavy atom. The van der Waals surface area contributed by atoms with Crippen LogP contribution in [0.25, 0.3) is 17.1 Å². The number of nitrogens with zero attached hydrogens (tertiary/aromatic N) is 6. The minimum Gasteiger partial charge on any atom is -0.476 e. The van der Waals surface area contributed by atoms with Crippen molar-refractivity contribution in [2.45, 2.75) is 13.8 Å². The van der Waals surface area contributed by atoms with Crippen molar-refractivity contribution in [3.05, 3.63) is 35.5 Å². The number of aromatic amines is 1. The number of aryl methyl sites for hydroxylation is 2. The van der Waals surface area contributed by atoms with Crippen LogP contribution in [-0.4, -0.2) is 74.8 Å². The molecule has 0 aliphatic carbocycles. The Kier molecular flexibility index (Phi) is 5.12. The smallest absolute Gasteiger partial charge is 0.228 e. The van der Waals surface area contributed by atoms with Crippen molar-refractivity contribution >= 4 is 0 Å². The van der Waals surface area contributed by atoms with Crippen LogP contribution in [0.5, 0.6) is 5.88 Å². The highest BCUT2D eigenvalue weighted by molar-refractivity contribution is 5.62. The summed E-state index contributed by atoms with van der Waals surface area (Å²) in [4.78, 5) is 2.33. The van der Waals surface area contributed by atoms with Gasteiger partial charge >= 0.3 is 0 Å². The van der Waals surface area contributed by atoms with Gasteiger partial charge in [0.2, 0.25) is 11.7 Å². The van der Waals surface area contributed by atoms with Gasteiger partial charge in [-0.15, -0.1) is 10.2 Å². The molecule has 0 atom stereocenters. The first-order valence-corrected chi connectivity index (χ1v) is 9.05. The maximum atomic E-state index is 6.16. The predicted octanol–water partition coefficient (Wildman–Crippen LogP) is 1.38. The van der Waals surface area contributed by atoms with Gasteiger partial charge in [-0.3, -0.25) is 4.90 Å². The molecule has 27 heavy (non-hydrogen) atoms. The molecular formula is C18H23N7O2. The van der Waals surface area contributed by atoms with Gasteiger partial charge in [0, 0.05) is 19.6 Å². The van der Waals surface area contributed by atoms with Crippen LogP contribution < -0.4 is 4.74 Å². The summed E-state index contributed by atoms with van der Waals surface area (Å²) in [5.74, 6) is 1.08. The van der Waals surface area contributed by atoms with E-state index in [1.165, 1.54) is 11.1 Å². The van der Waals surface area contributed by atoms with Crippen LogP contribution in [0.2, 0.25) is 0 Å². The lowest BCUT2D eigenvalue weighted by Gasteiger charge is -2.26. The second-order valence-corrected chi connectivity index (χ2v) is 6.58. The number of rotatable bonds is 6. The highest BCUT2D eigenvalue weighted by atomic mass is 16.5. The zero-order valence-electron chi connectivity index (χ0n) is 15.6. The fourth-order valence-electron chi connectivity index (χ4n) is 3.04. The largest absolute Gasteiger partial charge is 0.476 e. The van der Waals surface area contributed by atoms with Crippen LogP contribution in [0.3, 0.4) is 0 Å². The van der Waals surface area contributed by atoms with Crippen LogP contribution in [0.1, 0.15) is 11.1 Å². The summed E-state index contributed by atoms with van der Waals surface area (Å²) >= 11 is 0. The Balaban J connectivity index is 1.60. The number of tetrazole rings is 1. The third kappa shape index (κ3) is 3.83. The summed E-state index contributed by atoms with van der Waals surface area (Å²) in [7, 11) is 0. The number of hydrogen-bond acceptors (Lipinski definition) is 7. The van der Waals surface area contributed by atoms with Crippen molar-refractivity contribution in [3.8, 4) is 23.0 Å². The van der Waals surface area contributed by atoms with E-state index in [4.69, 9.17) is 9.47 Å². The second-order valence-electron chi connectivity index (χ2n) is 6.58. The van der Waals surface area contributed by atoms with Crippen molar-refractivity contribution in [3.63, 3.8) is 0 Å². The third-order valence-electron chi connectivity index (χ3n) is 4.80. The molecule has 1 aliphatic rings. The van der Waals surface area contributed by atoms with Gasteiger partial charge in [0.15, 0.2) is 0 Å². The minimum atomic E-state index is 0.464. The quantitative estimate of drug-likeness (QED) is 0.701. The number of benzene rings is 1. The summed E-state index contributed by atoms with van der Waals surface area (Å²) in [5, 5.41) is 18.8. The number of nitrogens with one attached hydrogen (secondary N) is 1. The van der Waals surface area contributed by atoms with Gasteiger partial charge in [-0.25, -0.2) is 4.68 Å². The maximum absolute atomic E-state index is 6.16. The number of H-pyrrole nitrogens is 1. The Morgan fingerprint density at radius 2 is 2.04 bits per heavy atom. The molecule has 0 radical (unpaired) electrons. The standard InChI is InChI=1S/C18H23N7O2/c1-13-3-4-15(11-14(13)2)25-18(16(12-19-25)17-20-22-23-21-17)27-10-7-24-5-8-26-9-6-24/h3-4,11-12H,5-10H2,1-2H3,(H,20,21,22,23). The van der Waals surface area contributed by atoms with Crippen molar-refractivity contribution in [2.24, 2.45) is 0 Å². The van der Waals surface area contributed by atoms with Crippen LogP contribution in [0.4, 0.5) is 0 Å². The molecule has 1 N–H and O–H groups in total. The Bertz CT molecular complexity index is 885. The molecular weight excluding hydrogens is 346 g/mol. The first-order valence-electron chi connectivity index (χ1n) is 9.05. The van der Waals surface area contributed by atoms with E-state index >= 15 is 0 Å². The molecule has 3 aromatic rings. The molecule has 4 rings (SSSR count). The molecule has 0 spiro atoms. The summed E-state index contributed by atoms with van der Waals surface area (Å²) in [6, 6.07) is 6.21. The van der Waals surface area contributed by atoms with Gasteiger partial charge in [0.25, 0.3) is 0 Å². The SMILES string of the molecule is Cc1ccc(-n2ncc(-c3nn[nH]n3)c2OCCN2CCOCC2)cc1C. The lowest BCUT2D eigenvalue weighted by molar-refractivity contribution is 0.0319. The number of hydrogen-bond donors (Lipinski definition) is 1. The van der Waals surface area contributed by atoms with Crippen LogP contribution >= 0.6 is 0 Å². The first-order chi connectivity index (χ1) is 13.2. The van der Waals surface area contributed by atoms with Crippen LogP contribution in [0.15, 0.2) is 24.4 Å². The van der Waals surface area contributed by atoms with E-state index in [0.717, 1.165) is 38.5 Å². The van der Waals surface area contributed by atoms with E-state index in [0.29, 0.717) is 23.9 Å². The van der Waals surface area contributed by atoms with E-state index in [2.05, 4.69) is 56.6 Å². The van der Waals surface area contributed by atoms with Gasteiger partial charge in [-0.1, -0.05) is 6.07 Å². The summed E-state index contributed by atoms with van der Waals surface area (Å²) in [6.07, 6.45) is 1.71. The van der Waals surface area contributed by atoms with Crippen LogP contribution in [-0.2, 0) is 4.74 Å². The van der Waals surface area contributed by atoms with E-state index in [-0.39, 0.29) is 0 Å². The Hall–Kier alpha value is -2.78. The average Bonchev–Trinajstić information content (AvgIpc) is 3.34. The van der Waals surface area contributed by atoms with E-state index in [1.807, 2.05) is 6.07 Å². The van der Waals surface area contributed by atoms with Crippen molar-refractivity contribution in [1.82, 2.24) is 35.3 Å². The second kappa shape index (κ2) is 7.85. The lowest BCUT2D eigenvalue weighted by atomic mass is 10.1. The average molecular weight is 369 g/mol. The van der Waals surface area contributed by atoms with Gasteiger partial charge < -0.3 is 9.47 Å². The molecule has 9 nitrogen and oxygen atoms in total. The zero-order valence-corrected chi connectivity index (χ0v) is 15.6. The van der Waals surface area contributed by atoms with Crippen molar-refractivity contribution < 1.29 is 9.47 Å². The molecule has 1 aliphatic heterocycles. The molecule has 9 heteroatoms.